The molecular formula is C14H16F2N2. The highest BCUT2D eigenvalue weighted by Gasteiger charge is 2.47. The van der Waals surface area contributed by atoms with E-state index in [2.05, 4.69) is 6.07 Å². The molecule has 1 aliphatic carbocycles. The minimum atomic E-state index is -0.589. The Balaban J connectivity index is 2.46. The molecule has 0 amide bonds. The summed E-state index contributed by atoms with van der Waals surface area (Å²) in [5.41, 5.74) is -0.134. The Kier molecular flexibility index (Phi) is 3.36. The molecule has 0 aromatic heterocycles. The predicted molar refractivity (Wildman–Crippen MR) is 64.7 cm³/mol. The predicted octanol–water partition coefficient (Wildman–Crippen LogP) is 3.26. The van der Waals surface area contributed by atoms with Gasteiger partial charge in [0, 0.05) is 11.6 Å². The van der Waals surface area contributed by atoms with Gasteiger partial charge in [0.2, 0.25) is 0 Å². The largest absolute Gasteiger partial charge is 0.301 e. The summed E-state index contributed by atoms with van der Waals surface area (Å²) in [6.07, 6.45) is 2.52. The first-order valence-electron chi connectivity index (χ1n) is 6.03. The smallest absolute Gasteiger partial charge is 0.130 e. The van der Waals surface area contributed by atoms with E-state index < -0.39 is 17.0 Å². The van der Waals surface area contributed by atoms with Crippen molar-refractivity contribution in [2.24, 2.45) is 5.41 Å². The van der Waals surface area contributed by atoms with Gasteiger partial charge in [0.15, 0.2) is 0 Å². The second kappa shape index (κ2) is 4.66. The fraction of sp³-hybridized carbons (Fsp3) is 0.500. The maximum Gasteiger partial charge on any atom is 0.130 e. The van der Waals surface area contributed by atoms with Gasteiger partial charge in [0.05, 0.1) is 17.5 Å². The van der Waals surface area contributed by atoms with E-state index in [4.69, 9.17) is 0 Å². The van der Waals surface area contributed by atoms with Crippen LogP contribution in [0.15, 0.2) is 18.2 Å². The van der Waals surface area contributed by atoms with Crippen molar-refractivity contribution in [1.82, 2.24) is 4.90 Å². The molecule has 0 saturated heterocycles. The van der Waals surface area contributed by atoms with Gasteiger partial charge in [-0.25, -0.2) is 8.78 Å². The summed E-state index contributed by atoms with van der Waals surface area (Å²) >= 11 is 0. The Morgan fingerprint density at radius 1 is 1.33 bits per heavy atom. The maximum absolute atomic E-state index is 13.9. The van der Waals surface area contributed by atoms with E-state index in [1.807, 2.05) is 19.0 Å². The first-order chi connectivity index (χ1) is 8.50. The fourth-order valence-electron chi connectivity index (χ4n) is 2.80. The second-order valence-corrected chi connectivity index (χ2v) is 5.15. The van der Waals surface area contributed by atoms with Crippen molar-refractivity contribution in [3.63, 3.8) is 0 Å². The highest BCUT2D eigenvalue weighted by Crippen LogP contribution is 2.52. The molecular weight excluding hydrogens is 234 g/mol. The molecule has 0 bridgehead atoms. The summed E-state index contributed by atoms with van der Waals surface area (Å²) in [5.74, 6) is -1.16. The van der Waals surface area contributed by atoms with Gasteiger partial charge in [0.1, 0.15) is 11.6 Å². The minimum Gasteiger partial charge on any atom is -0.301 e. The molecule has 4 heteroatoms. The zero-order chi connectivity index (χ0) is 13.3. The van der Waals surface area contributed by atoms with E-state index in [9.17, 15) is 14.0 Å². The molecule has 1 aliphatic rings. The van der Waals surface area contributed by atoms with Crippen molar-refractivity contribution < 1.29 is 8.78 Å². The van der Waals surface area contributed by atoms with Gasteiger partial charge in [-0.1, -0.05) is 12.5 Å². The summed E-state index contributed by atoms with van der Waals surface area (Å²) < 4.78 is 26.9. The third-order valence-electron chi connectivity index (χ3n) is 3.77. The molecule has 0 aliphatic heterocycles. The molecule has 1 atom stereocenters. The highest BCUT2D eigenvalue weighted by molar-refractivity contribution is 5.28. The van der Waals surface area contributed by atoms with E-state index in [1.54, 1.807) is 0 Å². The SMILES string of the molecule is CN(C)C(c1ccc(F)cc1F)C1(C#N)CCC1. The van der Waals surface area contributed by atoms with Gasteiger partial charge in [0.25, 0.3) is 0 Å². The van der Waals surface area contributed by atoms with Crippen molar-refractivity contribution in [3.05, 3.63) is 35.4 Å². The number of benzene rings is 1. The van der Waals surface area contributed by atoms with E-state index in [0.29, 0.717) is 5.56 Å². The number of nitriles is 1. The molecule has 1 fully saturated rings. The van der Waals surface area contributed by atoms with Crippen molar-refractivity contribution >= 4 is 0 Å². The van der Waals surface area contributed by atoms with Crippen molar-refractivity contribution in [3.8, 4) is 6.07 Å². The van der Waals surface area contributed by atoms with Crippen LogP contribution in [0.2, 0.25) is 0 Å². The monoisotopic (exact) mass is 250 g/mol. The number of nitrogens with zero attached hydrogens (tertiary/aromatic N) is 2. The molecule has 2 nitrogen and oxygen atoms in total. The van der Waals surface area contributed by atoms with Gasteiger partial charge in [-0.05, 0) is 33.0 Å². The Morgan fingerprint density at radius 2 is 2.00 bits per heavy atom. The Hall–Kier alpha value is -1.47. The van der Waals surface area contributed by atoms with E-state index in [-0.39, 0.29) is 6.04 Å². The molecule has 1 unspecified atom stereocenters. The van der Waals surface area contributed by atoms with Crippen LogP contribution < -0.4 is 0 Å². The lowest BCUT2D eigenvalue weighted by Crippen LogP contribution is -2.42. The molecule has 0 heterocycles. The molecule has 96 valence electrons. The molecule has 0 spiro atoms. The summed E-state index contributed by atoms with van der Waals surface area (Å²) in [6.45, 7) is 0. The number of halogens is 2. The first-order valence-corrected chi connectivity index (χ1v) is 6.03. The summed E-state index contributed by atoms with van der Waals surface area (Å²) in [4.78, 5) is 1.85. The standard InChI is InChI=1S/C14H16F2N2/c1-18(2)13(14(9-17)6-3-7-14)11-5-4-10(15)8-12(11)16/h4-5,8,13H,3,6-7H2,1-2H3. The van der Waals surface area contributed by atoms with Crippen LogP contribution in [0, 0.1) is 28.4 Å². The molecule has 18 heavy (non-hydrogen) atoms. The molecule has 0 radical (unpaired) electrons. The van der Waals surface area contributed by atoms with Gasteiger partial charge >= 0.3 is 0 Å². The van der Waals surface area contributed by atoms with E-state index in [1.165, 1.54) is 12.1 Å². The third kappa shape index (κ3) is 1.99. The zero-order valence-electron chi connectivity index (χ0n) is 10.6. The quantitative estimate of drug-likeness (QED) is 0.823. The van der Waals surface area contributed by atoms with Gasteiger partial charge in [-0.15, -0.1) is 0 Å². The average Bonchev–Trinajstić information content (AvgIpc) is 2.24. The Morgan fingerprint density at radius 3 is 2.39 bits per heavy atom. The Bertz CT molecular complexity index is 487. The lowest BCUT2D eigenvalue weighted by atomic mass is 9.63. The molecule has 2 rings (SSSR count). The lowest BCUT2D eigenvalue weighted by Gasteiger charge is -2.45. The average molecular weight is 250 g/mol. The third-order valence-corrected chi connectivity index (χ3v) is 3.77. The summed E-state index contributed by atoms with van der Waals surface area (Å²) in [6, 6.07) is 5.60. The summed E-state index contributed by atoms with van der Waals surface area (Å²) in [7, 11) is 3.65. The lowest BCUT2D eigenvalue weighted by molar-refractivity contribution is 0.0723. The van der Waals surface area contributed by atoms with Gasteiger partial charge in [-0.2, -0.15) is 5.26 Å². The van der Waals surface area contributed by atoms with Crippen LogP contribution >= 0.6 is 0 Å². The number of hydrogen-bond acceptors (Lipinski definition) is 2. The van der Waals surface area contributed by atoms with Crippen molar-refractivity contribution in [2.75, 3.05) is 14.1 Å². The maximum atomic E-state index is 13.9. The molecule has 1 aromatic carbocycles. The second-order valence-electron chi connectivity index (χ2n) is 5.15. The first kappa shape index (κ1) is 13.0. The van der Waals surface area contributed by atoms with Gasteiger partial charge in [-0.3, -0.25) is 0 Å². The number of rotatable bonds is 3. The minimum absolute atomic E-state index is 0.322. The topological polar surface area (TPSA) is 27.0 Å². The van der Waals surface area contributed by atoms with Crippen LogP contribution in [0.25, 0.3) is 0 Å². The summed E-state index contributed by atoms with van der Waals surface area (Å²) in [5, 5.41) is 9.39. The normalized spacial score (nSPS) is 19.1. The zero-order valence-corrected chi connectivity index (χ0v) is 10.6. The van der Waals surface area contributed by atoms with E-state index in [0.717, 1.165) is 25.3 Å². The number of hydrogen-bond donors (Lipinski definition) is 0. The van der Waals surface area contributed by atoms with E-state index >= 15 is 0 Å². The highest BCUT2D eigenvalue weighted by atomic mass is 19.1. The van der Waals surface area contributed by atoms with Crippen LogP contribution in [0.5, 0.6) is 0 Å². The van der Waals surface area contributed by atoms with Crippen LogP contribution in [0.1, 0.15) is 30.9 Å². The van der Waals surface area contributed by atoms with Crippen LogP contribution in [-0.4, -0.2) is 19.0 Å². The Labute approximate surface area is 106 Å². The van der Waals surface area contributed by atoms with Crippen LogP contribution in [-0.2, 0) is 0 Å². The molecule has 1 aromatic rings. The van der Waals surface area contributed by atoms with Crippen LogP contribution in [0.3, 0.4) is 0 Å². The van der Waals surface area contributed by atoms with Crippen molar-refractivity contribution in [2.45, 2.75) is 25.3 Å². The molecule has 1 saturated carbocycles. The van der Waals surface area contributed by atoms with Crippen LogP contribution in [0.4, 0.5) is 8.78 Å². The fourth-order valence-corrected chi connectivity index (χ4v) is 2.80. The van der Waals surface area contributed by atoms with Gasteiger partial charge < -0.3 is 4.90 Å². The van der Waals surface area contributed by atoms with Crippen molar-refractivity contribution in [1.29, 1.82) is 5.26 Å². The molecule has 0 N–H and O–H groups in total.